The van der Waals surface area contributed by atoms with Crippen molar-refractivity contribution in [1.29, 1.82) is 0 Å². The molecule has 2 aromatic heterocycles. The summed E-state index contributed by atoms with van der Waals surface area (Å²) in [5.74, 6) is 1.16. The van der Waals surface area contributed by atoms with Crippen LogP contribution in [0.2, 0.25) is 10.0 Å². The van der Waals surface area contributed by atoms with E-state index in [1.54, 1.807) is 36.4 Å². The number of furan rings is 1. The second-order valence-electron chi connectivity index (χ2n) is 8.21. The fourth-order valence-corrected chi connectivity index (χ4v) is 4.40. The fourth-order valence-electron chi connectivity index (χ4n) is 3.66. The van der Waals surface area contributed by atoms with Gasteiger partial charge in [0, 0.05) is 32.9 Å². The molecular formula is C28H19Cl2N3O3S. The normalized spacial score (nSPS) is 11.2. The molecule has 5 aromatic rings. The van der Waals surface area contributed by atoms with Crippen LogP contribution in [0.1, 0.15) is 11.3 Å². The largest absolute Gasteiger partial charge is 0.457 e. The first-order chi connectivity index (χ1) is 17.8. The van der Waals surface area contributed by atoms with Gasteiger partial charge in [0.2, 0.25) is 11.8 Å². The van der Waals surface area contributed by atoms with E-state index in [0.29, 0.717) is 38.7 Å². The highest BCUT2D eigenvalue weighted by Crippen LogP contribution is 2.29. The van der Waals surface area contributed by atoms with E-state index >= 15 is 0 Å². The number of carbonyl (C=O) groups excluding carboxylic acids is 1. The quantitative estimate of drug-likeness (QED) is 0.172. The van der Waals surface area contributed by atoms with E-state index in [0.717, 1.165) is 22.2 Å². The highest BCUT2D eigenvalue weighted by molar-refractivity contribution is 7.80. The molecule has 0 spiro atoms. The summed E-state index contributed by atoms with van der Waals surface area (Å²) in [4.78, 5) is 16.9. The Morgan fingerprint density at radius 1 is 0.946 bits per heavy atom. The minimum Gasteiger partial charge on any atom is -0.457 e. The predicted molar refractivity (Wildman–Crippen MR) is 152 cm³/mol. The van der Waals surface area contributed by atoms with E-state index in [9.17, 15) is 4.79 Å². The molecule has 2 N–H and O–H groups in total. The summed E-state index contributed by atoms with van der Waals surface area (Å²) in [5.41, 5.74) is 4.82. The Bertz CT molecular complexity index is 1650. The number of anilines is 1. The third-order valence-electron chi connectivity index (χ3n) is 5.32. The highest BCUT2D eigenvalue weighted by Gasteiger charge is 2.10. The number of thiocarbonyl (C=S) groups is 1. The average Bonchev–Trinajstić information content (AvgIpc) is 3.49. The standard InChI is InChI=1S/C28H19Cl2N3O3S/c1-16-5-8-25-23(11-16)32-27(36-25)17-3-2-4-21(14-17)31-28(37)33-26(34)10-7-22-6-9-24(35-22)18-12-19(29)15-20(30)13-18/h2-15H,1H3,(H2,31,33,34,37)/b10-7+. The lowest BCUT2D eigenvalue weighted by atomic mass is 10.2. The summed E-state index contributed by atoms with van der Waals surface area (Å²) in [5, 5.41) is 6.78. The summed E-state index contributed by atoms with van der Waals surface area (Å²) in [7, 11) is 0. The van der Waals surface area contributed by atoms with E-state index in [1.807, 2.05) is 49.4 Å². The number of aryl methyl sites for hydroxylation is 1. The summed E-state index contributed by atoms with van der Waals surface area (Å²) < 4.78 is 11.6. The van der Waals surface area contributed by atoms with Gasteiger partial charge in [0.1, 0.15) is 17.0 Å². The molecule has 3 aromatic carbocycles. The van der Waals surface area contributed by atoms with Crippen molar-refractivity contribution in [2.75, 3.05) is 5.32 Å². The number of hydrogen-bond donors (Lipinski definition) is 2. The zero-order valence-corrected chi connectivity index (χ0v) is 21.7. The van der Waals surface area contributed by atoms with Gasteiger partial charge < -0.3 is 14.2 Å². The lowest BCUT2D eigenvalue weighted by Gasteiger charge is -2.08. The number of oxazole rings is 1. The number of fused-ring (bicyclic) bond motifs is 1. The molecule has 0 aliphatic carbocycles. The Morgan fingerprint density at radius 2 is 1.76 bits per heavy atom. The monoisotopic (exact) mass is 547 g/mol. The second kappa shape index (κ2) is 10.6. The van der Waals surface area contributed by atoms with Gasteiger partial charge in [-0.25, -0.2) is 4.98 Å². The number of nitrogens with one attached hydrogen (secondary N) is 2. The molecule has 5 rings (SSSR count). The molecule has 37 heavy (non-hydrogen) atoms. The summed E-state index contributed by atoms with van der Waals surface area (Å²) >= 11 is 17.4. The average molecular weight is 548 g/mol. The van der Waals surface area contributed by atoms with Crippen molar-refractivity contribution in [2.45, 2.75) is 6.92 Å². The van der Waals surface area contributed by atoms with Crippen LogP contribution in [0.5, 0.6) is 0 Å². The van der Waals surface area contributed by atoms with E-state index in [-0.39, 0.29) is 5.11 Å². The molecule has 0 aliphatic heterocycles. The van der Waals surface area contributed by atoms with Crippen LogP contribution in [0.25, 0.3) is 40.0 Å². The van der Waals surface area contributed by atoms with Crippen LogP contribution in [-0.4, -0.2) is 16.0 Å². The minimum absolute atomic E-state index is 0.147. The summed E-state index contributed by atoms with van der Waals surface area (Å²) in [6, 6.07) is 21.9. The number of nitrogens with zero attached hydrogens (tertiary/aromatic N) is 1. The molecule has 184 valence electrons. The number of hydrogen-bond acceptors (Lipinski definition) is 5. The van der Waals surface area contributed by atoms with Crippen molar-refractivity contribution in [2.24, 2.45) is 0 Å². The number of carbonyl (C=O) groups is 1. The van der Waals surface area contributed by atoms with Crippen LogP contribution in [-0.2, 0) is 4.79 Å². The number of rotatable bonds is 5. The molecule has 0 saturated carbocycles. The predicted octanol–water partition coefficient (Wildman–Crippen LogP) is 7.90. The van der Waals surface area contributed by atoms with E-state index in [2.05, 4.69) is 15.6 Å². The molecule has 0 bridgehead atoms. The van der Waals surface area contributed by atoms with Crippen LogP contribution in [0.3, 0.4) is 0 Å². The van der Waals surface area contributed by atoms with Crippen molar-refractivity contribution >= 4 is 69.3 Å². The van der Waals surface area contributed by atoms with Crippen molar-refractivity contribution < 1.29 is 13.6 Å². The zero-order valence-electron chi connectivity index (χ0n) is 19.4. The van der Waals surface area contributed by atoms with Gasteiger partial charge in [-0.05, 0) is 91.4 Å². The number of benzene rings is 3. The van der Waals surface area contributed by atoms with Crippen LogP contribution < -0.4 is 10.6 Å². The molecule has 9 heteroatoms. The van der Waals surface area contributed by atoms with E-state index in [1.165, 1.54) is 6.08 Å². The Hall–Kier alpha value is -3.91. The first-order valence-corrected chi connectivity index (χ1v) is 12.3. The van der Waals surface area contributed by atoms with E-state index in [4.69, 9.17) is 44.3 Å². The molecule has 0 aliphatic rings. The lowest BCUT2D eigenvalue weighted by molar-refractivity contribution is -0.115. The third-order valence-corrected chi connectivity index (χ3v) is 5.96. The molecule has 1 amide bonds. The van der Waals surface area contributed by atoms with Crippen molar-refractivity contribution in [3.8, 4) is 22.8 Å². The zero-order chi connectivity index (χ0) is 25.9. The second-order valence-corrected chi connectivity index (χ2v) is 9.49. The lowest BCUT2D eigenvalue weighted by Crippen LogP contribution is -2.32. The van der Waals surface area contributed by atoms with Crippen LogP contribution in [0.15, 0.2) is 87.7 Å². The van der Waals surface area contributed by atoms with Gasteiger partial charge in [0.15, 0.2) is 10.7 Å². The Labute approximate surface area is 227 Å². The molecular weight excluding hydrogens is 529 g/mol. The smallest absolute Gasteiger partial charge is 0.250 e. The highest BCUT2D eigenvalue weighted by atomic mass is 35.5. The Kier molecular flexibility index (Phi) is 7.10. The maximum absolute atomic E-state index is 12.4. The van der Waals surface area contributed by atoms with Gasteiger partial charge in [-0.2, -0.15) is 0 Å². The number of amides is 1. The maximum Gasteiger partial charge on any atom is 0.250 e. The first kappa shape index (κ1) is 24.8. The van der Waals surface area contributed by atoms with Crippen LogP contribution in [0.4, 0.5) is 5.69 Å². The van der Waals surface area contributed by atoms with E-state index < -0.39 is 5.91 Å². The van der Waals surface area contributed by atoms with Crippen LogP contribution in [0, 0.1) is 6.92 Å². The molecule has 2 heterocycles. The van der Waals surface area contributed by atoms with Crippen molar-refractivity contribution in [3.63, 3.8) is 0 Å². The topological polar surface area (TPSA) is 80.3 Å². The third kappa shape index (κ3) is 6.09. The Balaban J connectivity index is 1.21. The number of halogens is 2. The SMILES string of the molecule is Cc1ccc2oc(-c3cccc(NC(=S)NC(=O)/C=C/c4ccc(-c5cc(Cl)cc(Cl)c5)o4)c3)nc2c1. The van der Waals surface area contributed by atoms with Gasteiger partial charge >= 0.3 is 0 Å². The molecule has 0 unspecified atom stereocenters. The van der Waals surface area contributed by atoms with Gasteiger partial charge in [-0.3, -0.25) is 10.1 Å². The van der Waals surface area contributed by atoms with Gasteiger partial charge in [0.05, 0.1) is 0 Å². The minimum atomic E-state index is -0.410. The summed E-state index contributed by atoms with van der Waals surface area (Å²) in [6.45, 7) is 2.01. The van der Waals surface area contributed by atoms with Gasteiger partial charge in [0.25, 0.3) is 0 Å². The Morgan fingerprint density at radius 3 is 2.57 bits per heavy atom. The van der Waals surface area contributed by atoms with Gasteiger partial charge in [-0.1, -0.05) is 35.3 Å². The molecule has 6 nitrogen and oxygen atoms in total. The van der Waals surface area contributed by atoms with Crippen LogP contribution >= 0.6 is 35.4 Å². The molecule has 0 saturated heterocycles. The van der Waals surface area contributed by atoms with Gasteiger partial charge in [-0.15, -0.1) is 0 Å². The molecule has 0 atom stereocenters. The molecule has 0 fully saturated rings. The fraction of sp³-hybridized carbons (Fsp3) is 0.0357. The summed E-state index contributed by atoms with van der Waals surface area (Å²) in [6.07, 6.45) is 2.88. The van der Waals surface area contributed by atoms with Crippen molar-refractivity contribution in [1.82, 2.24) is 10.3 Å². The molecule has 0 radical (unpaired) electrons. The maximum atomic E-state index is 12.4. The first-order valence-electron chi connectivity index (χ1n) is 11.2. The van der Waals surface area contributed by atoms with Crippen molar-refractivity contribution in [3.05, 3.63) is 100 Å². The number of aromatic nitrogens is 1.